The van der Waals surface area contributed by atoms with Gasteiger partial charge in [-0.2, -0.15) is 0 Å². The highest BCUT2D eigenvalue weighted by atomic mass is 35.5. The van der Waals surface area contributed by atoms with Crippen molar-refractivity contribution < 1.29 is 24.2 Å². The number of aromatic carboxylic acids is 1. The van der Waals surface area contributed by atoms with E-state index in [1.165, 1.54) is 23.9 Å². The minimum absolute atomic E-state index is 0.160. The van der Waals surface area contributed by atoms with Gasteiger partial charge >= 0.3 is 5.97 Å². The van der Waals surface area contributed by atoms with Gasteiger partial charge in [-0.1, -0.05) is 35.3 Å². The van der Waals surface area contributed by atoms with Crippen LogP contribution in [0.15, 0.2) is 70.6 Å². The molecule has 0 saturated carbocycles. The van der Waals surface area contributed by atoms with Crippen LogP contribution >= 0.6 is 35.0 Å². The summed E-state index contributed by atoms with van der Waals surface area (Å²) >= 11 is 13.3. The Kier molecular flexibility index (Phi) is 8.43. The predicted octanol–water partition coefficient (Wildman–Crippen LogP) is 6.90. The second-order valence-corrected chi connectivity index (χ2v) is 9.68. The summed E-state index contributed by atoms with van der Waals surface area (Å²) < 4.78 is 11.4. The fraction of sp³-hybridized carbons (Fsp3) is 0.148. The third-order valence-electron chi connectivity index (χ3n) is 5.41. The van der Waals surface area contributed by atoms with Gasteiger partial charge in [-0.05, 0) is 84.4 Å². The number of likely N-dealkylation sites (N-methyl/N-ethyl adjacent to an activating group) is 1. The zero-order valence-corrected chi connectivity index (χ0v) is 22.2. The zero-order chi connectivity index (χ0) is 26.5. The predicted molar refractivity (Wildman–Crippen MR) is 147 cm³/mol. The first-order valence-corrected chi connectivity index (χ1v) is 12.7. The van der Waals surface area contributed by atoms with Crippen LogP contribution < -0.4 is 9.47 Å². The third-order valence-corrected chi connectivity index (χ3v) is 7.15. The molecule has 1 aliphatic heterocycles. The van der Waals surface area contributed by atoms with Crippen LogP contribution in [-0.4, -0.2) is 40.7 Å². The van der Waals surface area contributed by atoms with Crippen LogP contribution in [0.4, 0.5) is 5.69 Å². The summed E-state index contributed by atoms with van der Waals surface area (Å²) in [5.41, 5.74) is 2.35. The van der Waals surface area contributed by atoms with Gasteiger partial charge in [-0.15, -0.1) is 0 Å². The molecule has 4 rings (SSSR count). The molecule has 190 valence electrons. The molecule has 0 aromatic heterocycles. The molecule has 7 nitrogen and oxygen atoms in total. The topological polar surface area (TPSA) is 88.4 Å². The fourth-order valence-electron chi connectivity index (χ4n) is 3.49. The van der Waals surface area contributed by atoms with E-state index in [4.69, 9.17) is 37.8 Å². The highest BCUT2D eigenvalue weighted by molar-refractivity contribution is 8.18. The molecule has 0 bridgehead atoms. The lowest BCUT2D eigenvalue weighted by Gasteiger charge is -2.12. The van der Waals surface area contributed by atoms with Crippen LogP contribution in [0.3, 0.4) is 0 Å². The number of aliphatic imine (C=N–C) groups is 1. The van der Waals surface area contributed by atoms with E-state index in [0.29, 0.717) is 43.8 Å². The van der Waals surface area contributed by atoms with Crippen molar-refractivity contribution in [3.63, 3.8) is 0 Å². The lowest BCUT2D eigenvalue weighted by atomic mass is 10.1. The smallest absolute Gasteiger partial charge is 0.335 e. The molecule has 1 heterocycles. The maximum absolute atomic E-state index is 13.0. The molecule has 3 aromatic carbocycles. The zero-order valence-electron chi connectivity index (χ0n) is 19.9. The number of rotatable bonds is 8. The number of benzene rings is 3. The fourth-order valence-corrected chi connectivity index (χ4v) is 4.88. The Morgan fingerprint density at radius 3 is 2.46 bits per heavy atom. The molecule has 1 saturated heterocycles. The molecule has 1 N–H and O–H groups in total. The first kappa shape index (κ1) is 26.6. The standard InChI is InChI=1S/C27H22Cl2N2O5S/c1-3-31-25(32)24(37-27(31)30-19-8-6-18(7-9-19)26(33)34)14-16-5-11-22(23(13-16)35-2)36-15-17-4-10-20(28)21(29)12-17/h4-14H,3,15H2,1-2H3,(H,33,34)/b24-14-,30-27?. The van der Waals surface area contributed by atoms with Gasteiger partial charge in [0.25, 0.3) is 5.91 Å². The number of ether oxygens (including phenoxy) is 2. The number of nitrogens with zero attached hydrogens (tertiary/aromatic N) is 2. The Morgan fingerprint density at radius 2 is 1.81 bits per heavy atom. The molecular formula is C27H22Cl2N2O5S. The SMILES string of the molecule is CCN1C(=O)/C(=C/c2ccc(OCc3ccc(Cl)c(Cl)c3)c(OC)c2)SC1=Nc1ccc(C(=O)O)cc1. The molecule has 0 radical (unpaired) electrons. The van der Waals surface area contributed by atoms with Crippen molar-refractivity contribution in [2.45, 2.75) is 13.5 Å². The Bertz CT molecular complexity index is 1410. The third kappa shape index (κ3) is 6.28. The van der Waals surface area contributed by atoms with E-state index in [9.17, 15) is 9.59 Å². The van der Waals surface area contributed by atoms with E-state index < -0.39 is 5.97 Å². The number of halogens is 2. The van der Waals surface area contributed by atoms with Crippen molar-refractivity contribution in [1.82, 2.24) is 4.90 Å². The Labute approximate surface area is 228 Å². The number of thioether (sulfide) groups is 1. The van der Waals surface area contributed by atoms with E-state index >= 15 is 0 Å². The highest BCUT2D eigenvalue weighted by Gasteiger charge is 2.32. The monoisotopic (exact) mass is 556 g/mol. The molecule has 1 fully saturated rings. The van der Waals surface area contributed by atoms with Crippen LogP contribution in [0.2, 0.25) is 10.0 Å². The van der Waals surface area contributed by atoms with E-state index in [1.807, 2.05) is 19.1 Å². The second-order valence-electron chi connectivity index (χ2n) is 7.85. The molecule has 37 heavy (non-hydrogen) atoms. The molecule has 10 heteroatoms. The van der Waals surface area contributed by atoms with Gasteiger partial charge in [0.2, 0.25) is 0 Å². The number of methoxy groups -OCH3 is 1. The summed E-state index contributed by atoms with van der Waals surface area (Å²) in [6, 6.07) is 16.9. The van der Waals surface area contributed by atoms with Gasteiger partial charge in [-0.3, -0.25) is 9.69 Å². The lowest BCUT2D eigenvalue weighted by molar-refractivity contribution is -0.122. The Balaban J connectivity index is 1.53. The van der Waals surface area contributed by atoms with Gasteiger partial charge in [-0.25, -0.2) is 9.79 Å². The minimum atomic E-state index is -1.01. The minimum Gasteiger partial charge on any atom is -0.493 e. The van der Waals surface area contributed by atoms with Gasteiger partial charge in [0, 0.05) is 6.54 Å². The van der Waals surface area contributed by atoms with Crippen LogP contribution in [0.5, 0.6) is 11.5 Å². The first-order chi connectivity index (χ1) is 17.8. The summed E-state index contributed by atoms with van der Waals surface area (Å²) in [5.74, 6) is -0.105. The van der Waals surface area contributed by atoms with Crippen molar-refractivity contribution in [2.24, 2.45) is 4.99 Å². The molecular weight excluding hydrogens is 535 g/mol. The van der Waals surface area contributed by atoms with Crippen LogP contribution in [0.25, 0.3) is 6.08 Å². The van der Waals surface area contributed by atoms with Crippen molar-refractivity contribution in [3.8, 4) is 11.5 Å². The van der Waals surface area contributed by atoms with Crippen molar-refractivity contribution >= 4 is 63.8 Å². The van der Waals surface area contributed by atoms with Crippen molar-refractivity contribution in [3.05, 3.63) is 92.3 Å². The number of carbonyl (C=O) groups excluding carboxylic acids is 1. The number of hydrogen-bond acceptors (Lipinski definition) is 6. The normalized spacial score (nSPS) is 15.5. The van der Waals surface area contributed by atoms with E-state index in [-0.39, 0.29) is 18.1 Å². The summed E-state index contributed by atoms with van der Waals surface area (Å²) in [6.07, 6.45) is 1.77. The summed E-state index contributed by atoms with van der Waals surface area (Å²) in [6.45, 7) is 2.59. The molecule has 1 aliphatic rings. The van der Waals surface area contributed by atoms with Gasteiger partial charge < -0.3 is 14.6 Å². The van der Waals surface area contributed by atoms with Crippen molar-refractivity contribution in [2.75, 3.05) is 13.7 Å². The average Bonchev–Trinajstić information content (AvgIpc) is 3.18. The number of amides is 1. The van der Waals surface area contributed by atoms with Gasteiger partial charge in [0.05, 0.1) is 33.3 Å². The Morgan fingerprint density at radius 1 is 1.05 bits per heavy atom. The van der Waals surface area contributed by atoms with E-state index in [1.54, 1.807) is 54.5 Å². The van der Waals surface area contributed by atoms with Crippen molar-refractivity contribution in [1.29, 1.82) is 0 Å². The summed E-state index contributed by atoms with van der Waals surface area (Å²) in [5, 5.41) is 10.5. The van der Waals surface area contributed by atoms with Gasteiger partial charge in [0.15, 0.2) is 16.7 Å². The molecule has 3 aromatic rings. The van der Waals surface area contributed by atoms with Gasteiger partial charge in [0.1, 0.15) is 6.61 Å². The van der Waals surface area contributed by atoms with Crippen LogP contribution in [0, 0.1) is 0 Å². The highest BCUT2D eigenvalue weighted by Crippen LogP contribution is 2.36. The quantitative estimate of drug-likeness (QED) is 0.303. The largest absolute Gasteiger partial charge is 0.493 e. The molecule has 1 amide bonds. The average molecular weight is 557 g/mol. The van der Waals surface area contributed by atoms with E-state index in [2.05, 4.69) is 4.99 Å². The lowest BCUT2D eigenvalue weighted by Crippen LogP contribution is -2.28. The second kappa shape index (κ2) is 11.7. The Hall–Kier alpha value is -3.46. The first-order valence-electron chi connectivity index (χ1n) is 11.2. The molecule has 0 aliphatic carbocycles. The number of carboxylic acids is 1. The molecule has 0 atom stereocenters. The maximum Gasteiger partial charge on any atom is 0.335 e. The number of hydrogen-bond donors (Lipinski definition) is 1. The van der Waals surface area contributed by atoms with Crippen LogP contribution in [0.1, 0.15) is 28.4 Å². The molecule has 0 unspecified atom stereocenters. The number of carbonyl (C=O) groups is 2. The van der Waals surface area contributed by atoms with E-state index in [0.717, 1.165) is 11.1 Å². The number of amidine groups is 1. The maximum atomic E-state index is 13.0. The number of carboxylic acid groups (broad SMARTS) is 1. The molecule has 0 spiro atoms. The van der Waals surface area contributed by atoms with Crippen LogP contribution in [-0.2, 0) is 11.4 Å². The summed E-state index contributed by atoms with van der Waals surface area (Å²) in [7, 11) is 1.55. The summed E-state index contributed by atoms with van der Waals surface area (Å²) in [4.78, 5) is 30.7.